The minimum absolute atomic E-state index is 0. The fraction of sp³-hybridized carbons (Fsp3) is 0.143. The summed E-state index contributed by atoms with van der Waals surface area (Å²) in [6.07, 6.45) is -4.30. The van der Waals surface area contributed by atoms with E-state index in [1.54, 1.807) is 0 Å². The van der Waals surface area contributed by atoms with Gasteiger partial charge in [-0.1, -0.05) is 0 Å². The summed E-state index contributed by atoms with van der Waals surface area (Å²) < 4.78 is 35.7. The van der Waals surface area contributed by atoms with Crippen molar-refractivity contribution in [2.24, 2.45) is 0 Å². The van der Waals surface area contributed by atoms with Crippen molar-refractivity contribution < 1.29 is 24.1 Å². The molecule has 2 N–H and O–H groups in total. The van der Waals surface area contributed by atoms with E-state index in [1.807, 2.05) is 0 Å². The van der Waals surface area contributed by atoms with Crippen LogP contribution in [0.2, 0.25) is 0 Å². The van der Waals surface area contributed by atoms with E-state index in [0.717, 1.165) is 12.1 Å². The Hall–Kier alpha value is -1.01. The van der Waals surface area contributed by atoms with Crippen LogP contribution in [0, 0.1) is 0 Å². The van der Waals surface area contributed by atoms with Crippen LogP contribution in [0.4, 0.5) is 13.2 Å². The molecule has 0 bridgehead atoms. The molecule has 13 heavy (non-hydrogen) atoms. The Morgan fingerprint density at radius 2 is 1.62 bits per heavy atom. The normalized spacial score (nSPS) is 9.92. The van der Waals surface area contributed by atoms with Gasteiger partial charge in [0.15, 0.2) is 0 Å². The molecule has 0 amide bonds. The van der Waals surface area contributed by atoms with E-state index in [-0.39, 0.29) is 16.4 Å². The van der Waals surface area contributed by atoms with Crippen molar-refractivity contribution in [1.29, 1.82) is 0 Å². The van der Waals surface area contributed by atoms with Crippen molar-refractivity contribution in [1.82, 2.24) is 0 Å². The molecular weight excluding hydrogens is 184 g/mol. The summed E-state index contributed by atoms with van der Waals surface area (Å²) in [7, 11) is 5.16. The number of halogens is 3. The molecule has 0 saturated heterocycles. The summed E-state index contributed by atoms with van der Waals surface area (Å²) >= 11 is 0. The Morgan fingerprint density at radius 1 is 1.08 bits per heavy atom. The van der Waals surface area contributed by atoms with Crippen LogP contribution in [-0.4, -0.2) is 18.8 Å². The Kier molecular flexibility index (Phi) is 5.45. The molecule has 0 aliphatic rings. The van der Waals surface area contributed by atoms with Gasteiger partial charge in [0.2, 0.25) is 0 Å². The van der Waals surface area contributed by atoms with E-state index in [1.165, 1.54) is 12.1 Å². The van der Waals surface area contributed by atoms with Crippen molar-refractivity contribution in [3.05, 3.63) is 29.8 Å². The second-order valence-electron chi connectivity index (χ2n) is 2.12. The van der Waals surface area contributed by atoms with Gasteiger partial charge in [-0.3, -0.25) is 0 Å². The van der Waals surface area contributed by atoms with Crippen LogP contribution in [0.15, 0.2) is 24.3 Å². The zero-order valence-corrected chi connectivity index (χ0v) is 6.42. The minimum atomic E-state index is -4.30. The van der Waals surface area contributed by atoms with E-state index in [9.17, 15) is 13.2 Å². The third kappa shape index (κ3) is 3.96. The number of hydrogen-bond acceptors (Lipinski definition) is 2. The predicted octanol–water partition coefficient (Wildman–Crippen LogP) is 1.15. The molecule has 1 aromatic rings. The van der Waals surface area contributed by atoms with Crippen LogP contribution in [-0.2, 0) is 6.18 Å². The van der Waals surface area contributed by atoms with E-state index in [0.29, 0.717) is 0 Å². The molecule has 0 spiro atoms. The van der Waals surface area contributed by atoms with Gasteiger partial charge >= 0.3 is 62.5 Å². The first-order valence-corrected chi connectivity index (χ1v) is 2.93. The Labute approximate surface area is 74.4 Å². The number of rotatable bonds is 0. The van der Waals surface area contributed by atoms with Gasteiger partial charge in [0.1, 0.15) is 0 Å². The molecule has 0 aliphatic carbocycles. The molecule has 0 atom stereocenters. The first-order valence-electron chi connectivity index (χ1n) is 2.93. The molecule has 2 nitrogen and oxygen atoms in total. The molecule has 70 valence electrons. The van der Waals surface area contributed by atoms with Crippen molar-refractivity contribution in [3.8, 4) is 0 Å². The topological polar surface area (TPSA) is 60.0 Å². The van der Waals surface area contributed by atoms with Gasteiger partial charge < -0.3 is 11.0 Å². The molecule has 6 heteroatoms. The molecule has 1 aromatic carbocycles. The maximum atomic E-state index is 11.9. The fourth-order valence-corrected chi connectivity index (χ4v) is 0.715. The summed E-state index contributed by atoms with van der Waals surface area (Å²) in [5, 5.41) is 0. The molecule has 0 aliphatic heterocycles. The van der Waals surface area contributed by atoms with E-state index >= 15 is 0 Å². The third-order valence-corrected chi connectivity index (χ3v) is 1.21. The van der Waals surface area contributed by atoms with Crippen molar-refractivity contribution >= 4 is 13.3 Å². The largest absolute Gasteiger partial charge is 0.870 e. The molecule has 1 rings (SSSR count). The van der Waals surface area contributed by atoms with Gasteiger partial charge in [-0.25, -0.2) is 0 Å². The Morgan fingerprint density at radius 3 is 1.92 bits per heavy atom. The Balaban J connectivity index is 0. The van der Waals surface area contributed by atoms with Crippen LogP contribution in [0.5, 0.6) is 0 Å². The molecule has 0 heterocycles. The van der Waals surface area contributed by atoms with Crippen LogP contribution in [0.25, 0.3) is 0 Å². The first kappa shape index (κ1) is 14.5. The predicted molar refractivity (Wildman–Crippen MR) is 40.7 cm³/mol. The summed E-state index contributed by atoms with van der Waals surface area (Å²) in [4.78, 5) is 0. The van der Waals surface area contributed by atoms with Gasteiger partial charge in [0.05, 0.1) is 0 Å². The van der Waals surface area contributed by atoms with Crippen molar-refractivity contribution in [2.75, 3.05) is 0 Å². The summed E-state index contributed by atoms with van der Waals surface area (Å²) in [5.74, 6) is 0. The molecule has 0 saturated carbocycles. The fourth-order valence-electron chi connectivity index (χ4n) is 0.715. The zero-order valence-electron chi connectivity index (χ0n) is 6.42. The van der Waals surface area contributed by atoms with E-state index < -0.39 is 11.7 Å². The summed E-state index contributed by atoms with van der Waals surface area (Å²) in [6, 6.07) is 4.57. The molecule has 0 radical (unpaired) electrons. The monoisotopic (exact) mass is 190 g/mol. The van der Waals surface area contributed by atoms with Crippen LogP contribution in [0.1, 0.15) is 5.56 Å². The Bertz CT molecular complexity index is 262. The van der Waals surface area contributed by atoms with Gasteiger partial charge in [-0.05, 0) is 0 Å². The second kappa shape index (κ2) is 4.88. The van der Waals surface area contributed by atoms with Gasteiger partial charge in [0, 0.05) is 0 Å². The van der Waals surface area contributed by atoms with Crippen LogP contribution in [0.3, 0.4) is 0 Å². The van der Waals surface area contributed by atoms with Gasteiger partial charge in [-0.2, -0.15) is 0 Å². The quantitative estimate of drug-likeness (QED) is 0.575. The second-order valence-corrected chi connectivity index (χ2v) is 2.12. The first-order chi connectivity index (χ1) is 5.00. The van der Waals surface area contributed by atoms with Gasteiger partial charge in [0.25, 0.3) is 0 Å². The van der Waals surface area contributed by atoms with E-state index in [2.05, 4.69) is 0 Å². The van der Waals surface area contributed by atoms with Crippen LogP contribution < -0.4 is 5.46 Å². The maximum absolute atomic E-state index is 11.9. The van der Waals surface area contributed by atoms with Crippen molar-refractivity contribution in [3.63, 3.8) is 0 Å². The van der Waals surface area contributed by atoms with E-state index in [4.69, 9.17) is 7.85 Å². The minimum Gasteiger partial charge on any atom is -0.870 e. The SMILES string of the molecule is [B+2]c1cccc(C(F)(F)F)c1.[OH-].[OH-]. The van der Waals surface area contributed by atoms with Gasteiger partial charge in [-0.15, -0.1) is 0 Å². The molecule has 0 fully saturated rings. The van der Waals surface area contributed by atoms with Crippen molar-refractivity contribution in [2.45, 2.75) is 6.18 Å². The average molecular weight is 190 g/mol. The summed E-state index contributed by atoms with van der Waals surface area (Å²) in [6.45, 7) is 0. The summed E-state index contributed by atoms with van der Waals surface area (Å²) in [5.41, 5.74) is -0.586. The standard InChI is InChI=1S/C7H4BF3.2H2O/c8-6-3-1-2-5(4-6)7(9,10)11;;/h1-4H;2*1H2/q+2;;/p-2. The number of benzene rings is 1. The third-order valence-electron chi connectivity index (χ3n) is 1.21. The number of alkyl halides is 3. The zero-order chi connectivity index (χ0) is 8.48. The number of hydrogen-bond donors (Lipinski definition) is 0. The van der Waals surface area contributed by atoms with Crippen LogP contribution >= 0.6 is 0 Å². The maximum Gasteiger partial charge on any atom is -0.870 e. The molecule has 0 unspecified atom stereocenters. The smallest absolute Gasteiger partial charge is 0.870 e. The molecule has 0 aromatic heterocycles. The molecular formula is C7H6BF3O2. The average Bonchev–Trinajstić information content (AvgIpc) is 1.86.